The van der Waals surface area contributed by atoms with Crippen LogP contribution in [0.25, 0.3) is 0 Å². The van der Waals surface area contributed by atoms with Crippen molar-refractivity contribution >= 4 is 10.0 Å². The molecule has 6 nitrogen and oxygen atoms in total. The van der Waals surface area contributed by atoms with E-state index in [-0.39, 0.29) is 6.04 Å². The number of nitrogens with zero attached hydrogens (tertiary/aromatic N) is 1. The van der Waals surface area contributed by atoms with Crippen LogP contribution in [0.2, 0.25) is 0 Å². The molecule has 1 N–H and O–H groups in total. The minimum atomic E-state index is -3.52. The number of likely N-dealkylation sites (tertiary alicyclic amines) is 1. The molecule has 0 amide bonds. The molecule has 1 heterocycles. The van der Waals surface area contributed by atoms with Crippen molar-refractivity contribution in [2.45, 2.75) is 30.7 Å². The number of rotatable bonds is 7. The fourth-order valence-corrected chi connectivity index (χ4v) is 4.40. The van der Waals surface area contributed by atoms with Crippen molar-refractivity contribution in [3.63, 3.8) is 0 Å². The number of sulfonamides is 1. The molecule has 1 aliphatic heterocycles. The summed E-state index contributed by atoms with van der Waals surface area (Å²) >= 11 is 0. The molecule has 2 rings (SSSR count). The first-order valence-electron chi connectivity index (χ1n) is 7.84. The largest absolute Gasteiger partial charge is 0.497 e. The van der Waals surface area contributed by atoms with Gasteiger partial charge in [0.2, 0.25) is 10.0 Å². The van der Waals surface area contributed by atoms with Crippen LogP contribution in [0.3, 0.4) is 0 Å². The predicted octanol–water partition coefficient (Wildman–Crippen LogP) is 1.39. The summed E-state index contributed by atoms with van der Waals surface area (Å²) in [7, 11) is -0.278. The first-order chi connectivity index (χ1) is 11.0. The van der Waals surface area contributed by atoms with Gasteiger partial charge in [-0.25, -0.2) is 13.1 Å². The molecule has 1 aromatic rings. The van der Waals surface area contributed by atoms with Gasteiger partial charge in [-0.1, -0.05) is 0 Å². The van der Waals surface area contributed by atoms with Gasteiger partial charge in [0.1, 0.15) is 5.75 Å². The van der Waals surface area contributed by atoms with Crippen molar-refractivity contribution in [2.24, 2.45) is 0 Å². The second kappa shape index (κ2) is 8.10. The van der Waals surface area contributed by atoms with Crippen LogP contribution in [0.5, 0.6) is 5.75 Å². The molecule has 1 aliphatic rings. The molecule has 0 radical (unpaired) electrons. The molecule has 0 bridgehead atoms. The van der Waals surface area contributed by atoms with E-state index in [1.165, 1.54) is 0 Å². The standard InChI is InChI=1S/C16H26N2O4S/c1-13-11-15(22-3)6-7-16(13)23(19,20)17-14-5-4-8-18(12-14)9-10-21-2/h6-7,11,14,17H,4-5,8-10,12H2,1-3H3. The maximum Gasteiger partial charge on any atom is 0.241 e. The average molecular weight is 342 g/mol. The van der Waals surface area contributed by atoms with Crippen LogP contribution in [0.15, 0.2) is 23.1 Å². The van der Waals surface area contributed by atoms with Gasteiger partial charge in [0.25, 0.3) is 0 Å². The topological polar surface area (TPSA) is 67.9 Å². The van der Waals surface area contributed by atoms with Gasteiger partial charge in [0.15, 0.2) is 0 Å². The molecular formula is C16H26N2O4S. The lowest BCUT2D eigenvalue weighted by Gasteiger charge is -2.32. The maximum absolute atomic E-state index is 12.6. The zero-order valence-electron chi connectivity index (χ0n) is 14.0. The Morgan fingerprint density at radius 1 is 1.35 bits per heavy atom. The second-order valence-electron chi connectivity index (χ2n) is 5.89. The Morgan fingerprint density at radius 2 is 2.13 bits per heavy atom. The highest BCUT2D eigenvalue weighted by molar-refractivity contribution is 7.89. The predicted molar refractivity (Wildman–Crippen MR) is 89.4 cm³/mol. The Balaban J connectivity index is 2.05. The summed E-state index contributed by atoms with van der Waals surface area (Å²) in [5.41, 5.74) is 0.684. The quantitative estimate of drug-likeness (QED) is 0.811. The molecule has 1 aromatic carbocycles. The molecule has 1 fully saturated rings. The third kappa shape index (κ3) is 4.91. The van der Waals surface area contributed by atoms with Crippen LogP contribution in [0.1, 0.15) is 18.4 Å². The number of piperidine rings is 1. The number of nitrogens with one attached hydrogen (secondary N) is 1. The lowest BCUT2D eigenvalue weighted by molar-refractivity contribution is 0.126. The Labute approximate surface area is 138 Å². The van der Waals surface area contributed by atoms with Crippen molar-refractivity contribution < 1.29 is 17.9 Å². The number of hydrogen-bond donors (Lipinski definition) is 1. The van der Waals surface area contributed by atoms with Gasteiger partial charge in [-0.3, -0.25) is 4.90 Å². The average Bonchev–Trinajstić information content (AvgIpc) is 2.52. The molecule has 130 valence electrons. The van der Waals surface area contributed by atoms with Gasteiger partial charge in [0, 0.05) is 26.2 Å². The highest BCUT2D eigenvalue weighted by atomic mass is 32.2. The molecule has 1 atom stereocenters. The molecule has 1 unspecified atom stereocenters. The summed E-state index contributed by atoms with van der Waals surface area (Å²) in [5, 5.41) is 0. The first kappa shape index (κ1) is 18.2. The third-order valence-corrected chi connectivity index (χ3v) is 5.79. The number of ether oxygens (including phenoxy) is 2. The van der Waals surface area contributed by atoms with Gasteiger partial charge < -0.3 is 9.47 Å². The van der Waals surface area contributed by atoms with Crippen molar-refractivity contribution in [1.82, 2.24) is 9.62 Å². The minimum absolute atomic E-state index is 0.0629. The van der Waals surface area contributed by atoms with E-state index < -0.39 is 10.0 Å². The third-order valence-electron chi connectivity index (χ3n) is 4.11. The molecule has 23 heavy (non-hydrogen) atoms. The lowest BCUT2D eigenvalue weighted by Crippen LogP contribution is -2.48. The second-order valence-corrected chi connectivity index (χ2v) is 7.57. The van der Waals surface area contributed by atoms with E-state index in [1.807, 2.05) is 0 Å². The van der Waals surface area contributed by atoms with Gasteiger partial charge in [0.05, 0.1) is 18.6 Å². The van der Waals surface area contributed by atoms with E-state index in [1.54, 1.807) is 39.3 Å². The number of methoxy groups -OCH3 is 2. The Kier molecular flexibility index (Phi) is 6.41. The summed E-state index contributed by atoms with van der Waals surface area (Å²) < 4.78 is 38.4. The van der Waals surface area contributed by atoms with E-state index in [4.69, 9.17) is 9.47 Å². The van der Waals surface area contributed by atoms with Crippen LogP contribution < -0.4 is 9.46 Å². The van der Waals surface area contributed by atoms with Crippen molar-refractivity contribution in [3.05, 3.63) is 23.8 Å². The molecule has 7 heteroatoms. The monoisotopic (exact) mass is 342 g/mol. The summed E-state index contributed by atoms with van der Waals surface area (Å²) in [6.07, 6.45) is 1.84. The van der Waals surface area contributed by atoms with Gasteiger partial charge in [-0.2, -0.15) is 0 Å². The molecule has 1 saturated heterocycles. The zero-order chi connectivity index (χ0) is 16.9. The summed E-state index contributed by atoms with van der Waals surface area (Å²) in [6.45, 7) is 4.98. The highest BCUT2D eigenvalue weighted by Gasteiger charge is 2.26. The highest BCUT2D eigenvalue weighted by Crippen LogP contribution is 2.22. The first-order valence-corrected chi connectivity index (χ1v) is 9.33. The zero-order valence-corrected chi connectivity index (χ0v) is 14.9. The molecule has 0 aliphatic carbocycles. The van der Waals surface area contributed by atoms with Crippen LogP contribution >= 0.6 is 0 Å². The van der Waals surface area contributed by atoms with Crippen molar-refractivity contribution in [2.75, 3.05) is 40.5 Å². The van der Waals surface area contributed by atoms with E-state index in [0.717, 1.165) is 32.5 Å². The minimum Gasteiger partial charge on any atom is -0.497 e. The summed E-state index contributed by atoms with van der Waals surface area (Å²) in [5.74, 6) is 0.657. The van der Waals surface area contributed by atoms with Crippen LogP contribution in [-0.2, 0) is 14.8 Å². The normalized spacial score (nSPS) is 19.7. The number of hydrogen-bond acceptors (Lipinski definition) is 5. The Morgan fingerprint density at radius 3 is 2.78 bits per heavy atom. The van der Waals surface area contributed by atoms with Crippen LogP contribution in [-0.4, -0.2) is 59.8 Å². The van der Waals surface area contributed by atoms with Gasteiger partial charge in [-0.15, -0.1) is 0 Å². The molecule has 0 spiro atoms. The fourth-order valence-electron chi connectivity index (χ4n) is 2.91. The van der Waals surface area contributed by atoms with E-state index >= 15 is 0 Å². The fraction of sp³-hybridized carbons (Fsp3) is 0.625. The van der Waals surface area contributed by atoms with E-state index in [9.17, 15) is 8.42 Å². The van der Waals surface area contributed by atoms with E-state index in [2.05, 4.69) is 9.62 Å². The SMILES string of the molecule is COCCN1CCCC(NS(=O)(=O)c2ccc(OC)cc2C)C1. The van der Waals surface area contributed by atoms with Crippen molar-refractivity contribution in [1.29, 1.82) is 0 Å². The maximum atomic E-state index is 12.6. The van der Waals surface area contributed by atoms with Crippen LogP contribution in [0.4, 0.5) is 0 Å². The summed E-state index contributed by atoms with van der Waals surface area (Å²) in [4.78, 5) is 2.55. The van der Waals surface area contributed by atoms with Crippen LogP contribution in [0, 0.1) is 6.92 Å². The van der Waals surface area contributed by atoms with Gasteiger partial charge >= 0.3 is 0 Å². The Bertz CT molecular complexity index is 619. The lowest BCUT2D eigenvalue weighted by atomic mass is 10.1. The van der Waals surface area contributed by atoms with Gasteiger partial charge in [-0.05, 0) is 50.1 Å². The molecule has 0 aromatic heterocycles. The molecule has 0 saturated carbocycles. The smallest absolute Gasteiger partial charge is 0.241 e. The number of aryl methyl sites for hydroxylation is 1. The number of benzene rings is 1. The molecular weight excluding hydrogens is 316 g/mol. The van der Waals surface area contributed by atoms with Crippen molar-refractivity contribution in [3.8, 4) is 5.75 Å². The van der Waals surface area contributed by atoms with E-state index in [0.29, 0.717) is 22.8 Å². The Hall–Kier alpha value is -1.15. The summed E-state index contributed by atoms with van der Waals surface area (Å²) in [6, 6.07) is 4.95.